The van der Waals surface area contributed by atoms with Crippen LogP contribution in [-0.4, -0.2) is 72.4 Å². The number of nitrogens with zero attached hydrogens (tertiary/aromatic N) is 2. The van der Waals surface area contributed by atoms with Crippen molar-refractivity contribution in [2.45, 2.75) is 32.4 Å². The number of rotatable bonds is 4. The zero-order valence-electron chi connectivity index (χ0n) is 11.3. The lowest BCUT2D eigenvalue weighted by molar-refractivity contribution is -0.147. The molecule has 0 amide bonds. The van der Waals surface area contributed by atoms with Gasteiger partial charge in [0.2, 0.25) is 0 Å². The Kier molecular flexibility index (Phi) is 4.91. The Hall–Kier alpha value is -0.650. The van der Waals surface area contributed by atoms with Crippen molar-refractivity contribution < 1.29 is 14.6 Å². The number of ether oxygens (including phenoxy) is 1. The molecule has 0 aliphatic carbocycles. The third-order valence-corrected chi connectivity index (χ3v) is 3.11. The van der Waals surface area contributed by atoms with Crippen molar-refractivity contribution in [3.05, 3.63) is 0 Å². The van der Waals surface area contributed by atoms with E-state index in [0.717, 1.165) is 26.2 Å². The fraction of sp³-hybridized carbons (Fsp3) is 0.917. The smallest absolute Gasteiger partial charge is 0.322 e. The van der Waals surface area contributed by atoms with Crippen molar-refractivity contribution in [1.29, 1.82) is 0 Å². The summed E-state index contributed by atoms with van der Waals surface area (Å²) in [6.45, 7) is 9.62. The van der Waals surface area contributed by atoms with Crippen LogP contribution >= 0.6 is 0 Å². The molecule has 1 heterocycles. The predicted octanol–water partition coefficient (Wildman–Crippen LogP) is -0.0636. The van der Waals surface area contributed by atoms with Crippen LogP contribution in [0.2, 0.25) is 0 Å². The maximum Gasteiger partial charge on any atom is 0.322 e. The molecule has 0 saturated carbocycles. The molecule has 0 spiro atoms. The molecule has 1 aliphatic rings. The molecule has 0 aromatic carbocycles. The molecule has 100 valence electrons. The number of hydrogen-bond acceptors (Lipinski definition) is 5. The first-order valence-corrected chi connectivity index (χ1v) is 6.10. The summed E-state index contributed by atoms with van der Waals surface area (Å²) in [5.74, 6) is -0.180. The van der Waals surface area contributed by atoms with E-state index in [-0.39, 0.29) is 12.0 Å². The van der Waals surface area contributed by atoms with Crippen molar-refractivity contribution in [2.24, 2.45) is 0 Å². The highest BCUT2D eigenvalue weighted by molar-refractivity contribution is 5.75. The molecular formula is C12H24N2O3. The van der Waals surface area contributed by atoms with Gasteiger partial charge in [-0.1, -0.05) is 0 Å². The van der Waals surface area contributed by atoms with Crippen LogP contribution < -0.4 is 0 Å². The molecule has 5 nitrogen and oxygen atoms in total. The molecular weight excluding hydrogens is 220 g/mol. The summed E-state index contributed by atoms with van der Waals surface area (Å²) in [5.41, 5.74) is -0.657. The Labute approximate surface area is 103 Å². The first-order chi connectivity index (χ1) is 7.83. The molecule has 1 unspecified atom stereocenters. The highest BCUT2D eigenvalue weighted by atomic mass is 16.5. The average Bonchev–Trinajstić information content (AvgIpc) is 2.26. The lowest BCUT2D eigenvalue weighted by Gasteiger charge is -2.38. The fourth-order valence-corrected chi connectivity index (χ4v) is 2.18. The van der Waals surface area contributed by atoms with Gasteiger partial charge in [0.25, 0.3) is 0 Å². The van der Waals surface area contributed by atoms with E-state index in [2.05, 4.69) is 9.80 Å². The van der Waals surface area contributed by atoms with E-state index < -0.39 is 5.60 Å². The standard InChI is InChI=1S/C12H24N2O3/c1-10(11(15)17-4)14-7-5-13(6-8-14)9-12(2,3)16/h10,16H,5-9H2,1-4H3. The van der Waals surface area contributed by atoms with Gasteiger partial charge in [-0.05, 0) is 20.8 Å². The van der Waals surface area contributed by atoms with Crippen molar-refractivity contribution in [3.8, 4) is 0 Å². The van der Waals surface area contributed by atoms with Gasteiger partial charge in [0.15, 0.2) is 0 Å². The van der Waals surface area contributed by atoms with Gasteiger partial charge in [0.1, 0.15) is 6.04 Å². The van der Waals surface area contributed by atoms with E-state index in [0.29, 0.717) is 6.54 Å². The zero-order valence-corrected chi connectivity index (χ0v) is 11.3. The van der Waals surface area contributed by atoms with Crippen LogP contribution in [0.3, 0.4) is 0 Å². The molecule has 17 heavy (non-hydrogen) atoms. The van der Waals surface area contributed by atoms with E-state index in [1.54, 1.807) is 0 Å². The van der Waals surface area contributed by atoms with Crippen molar-refractivity contribution in [1.82, 2.24) is 9.80 Å². The summed E-state index contributed by atoms with van der Waals surface area (Å²) in [7, 11) is 1.42. The van der Waals surface area contributed by atoms with Gasteiger partial charge >= 0.3 is 5.97 Å². The Morgan fingerprint density at radius 3 is 2.29 bits per heavy atom. The Balaban J connectivity index is 2.38. The second kappa shape index (κ2) is 5.80. The molecule has 0 bridgehead atoms. The monoisotopic (exact) mass is 244 g/mol. The number of carbonyl (C=O) groups is 1. The number of hydrogen-bond donors (Lipinski definition) is 1. The van der Waals surface area contributed by atoms with Crippen LogP contribution in [0, 0.1) is 0 Å². The third kappa shape index (κ3) is 4.61. The minimum Gasteiger partial charge on any atom is -0.468 e. The first-order valence-electron chi connectivity index (χ1n) is 6.10. The fourth-order valence-electron chi connectivity index (χ4n) is 2.18. The first kappa shape index (κ1) is 14.4. The highest BCUT2D eigenvalue weighted by Crippen LogP contribution is 2.11. The molecule has 1 N–H and O–H groups in total. The average molecular weight is 244 g/mol. The summed E-state index contributed by atoms with van der Waals surface area (Å²) in [4.78, 5) is 15.7. The van der Waals surface area contributed by atoms with Crippen molar-refractivity contribution in [3.63, 3.8) is 0 Å². The van der Waals surface area contributed by atoms with Crippen molar-refractivity contribution >= 4 is 5.97 Å². The molecule has 0 radical (unpaired) electrons. The SMILES string of the molecule is COC(=O)C(C)N1CCN(CC(C)(C)O)CC1. The van der Waals surface area contributed by atoms with Gasteiger partial charge in [-0.2, -0.15) is 0 Å². The number of carbonyl (C=O) groups excluding carboxylic acids is 1. The maximum atomic E-state index is 11.4. The van der Waals surface area contributed by atoms with Crippen LogP contribution in [0.1, 0.15) is 20.8 Å². The lowest BCUT2D eigenvalue weighted by atomic mass is 10.1. The van der Waals surface area contributed by atoms with E-state index in [1.807, 2.05) is 20.8 Å². The molecule has 0 aromatic rings. The Morgan fingerprint density at radius 1 is 1.35 bits per heavy atom. The van der Waals surface area contributed by atoms with Gasteiger partial charge in [0.05, 0.1) is 12.7 Å². The van der Waals surface area contributed by atoms with Gasteiger partial charge in [-0.3, -0.25) is 14.6 Å². The summed E-state index contributed by atoms with van der Waals surface area (Å²) < 4.78 is 4.74. The molecule has 0 aromatic heterocycles. The second-order valence-electron chi connectivity index (χ2n) is 5.32. The minimum atomic E-state index is -0.657. The number of esters is 1. The van der Waals surface area contributed by atoms with Crippen LogP contribution in [0.5, 0.6) is 0 Å². The van der Waals surface area contributed by atoms with Gasteiger partial charge in [0, 0.05) is 32.7 Å². The highest BCUT2D eigenvalue weighted by Gasteiger charge is 2.27. The van der Waals surface area contributed by atoms with E-state index >= 15 is 0 Å². The number of β-amino-alcohol motifs (C(OH)–C–C–N with tert-alkyl or cyclic N) is 1. The van der Waals surface area contributed by atoms with Crippen LogP contribution in [0.15, 0.2) is 0 Å². The topological polar surface area (TPSA) is 53.0 Å². The van der Waals surface area contributed by atoms with Crippen LogP contribution in [-0.2, 0) is 9.53 Å². The van der Waals surface area contributed by atoms with Crippen LogP contribution in [0.25, 0.3) is 0 Å². The van der Waals surface area contributed by atoms with E-state index in [4.69, 9.17) is 4.74 Å². The maximum absolute atomic E-state index is 11.4. The minimum absolute atomic E-state index is 0.177. The van der Waals surface area contributed by atoms with Gasteiger partial charge < -0.3 is 9.84 Å². The number of methoxy groups -OCH3 is 1. The summed E-state index contributed by atoms with van der Waals surface area (Å²) in [6.07, 6.45) is 0. The van der Waals surface area contributed by atoms with E-state index in [1.165, 1.54) is 7.11 Å². The summed E-state index contributed by atoms with van der Waals surface area (Å²) in [6, 6.07) is -0.177. The molecule has 5 heteroatoms. The Bertz CT molecular complexity index is 255. The molecule has 1 fully saturated rings. The molecule has 1 aliphatic heterocycles. The summed E-state index contributed by atoms with van der Waals surface area (Å²) >= 11 is 0. The molecule has 1 atom stereocenters. The third-order valence-electron chi connectivity index (χ3n) is 3.11. The predicted molar refractivity (Wildman–Crippen MR) is 65.8 cm³/mol. The normalized spacial score (nSPS) is 21.2. The number of piperazine rings is 1. The Morgan fingerprint density at radius 2 is 1.88 bits per heavy atom. The van der Waals surface area contributed by atoms with Crippen molar-refractivity contribution in [2.75, 3.05) is 39.8 Å². The zero-order chi connectivity index (χ0) is 13.1. The largest absolute Gasteiger partial charge is 0.468 e. The molecule has 1 saturated heterocycles. The van der Waals surface area contributed by atoms with Crippen LogP contribution in [0.4, 0.5) is 0 Å². The summed E-state index contributed by atoms with van der Waals surface area (Å²) in [5, 5.41) is 9.74. The van der Waals surface area contributed by atoms with Gasteiger partial charge in [-0.15, -0.1) is 0 Å². The number of aliphatic hydroxyl groups is 1. The quantitative estimate of drug-likeness (QED) is 0.702. The van der Waals surface area contributed by atoms with E-state index in [9.17, 15) is 9.90 Å². The second-order valence-corrected chi connectivity index (χ2v) is 5.32. The van der Waals surface area contributed by atoms with Gasteiger partial charge in [-0.25, -0.2) is 0 Å². The lowest BCUT2D eigenvalue weighted by Crippen LogP contribution is -2.54. The molecule has 1 rings (SSSR count).